The molecule has 0 fully saturated rings. The van der Waals surface area contributed by atoms with Crippen molar-refractivity contribution in [3.63, 3.8) is 0 Å². The number of para-hydroxylation sites is 1. The third kappa shape index (κ3) is 5.01. The molecule has 10 heteroatoms. The van der Waals surface area contributed by atoms with Crippen molar-refractivity contribution in [3.05, 3.63) is 155 Å². The monoisotopic (exact) mass is 675 g/mol. The van der Waals surface area contributed by atoms with Crippen LogP contribution in [-0.4, -0.2) is 15.0 Å². The van der Waals surface area contributed by atoms with E-state index in [4.69, 9.17) is 21.5 Å². The average Bonchev–Trinajstić information content (AvgIpc) is 3.18. The zero-order valence-corrected chi connectivity index (χ0v) is 26.0. The van der Waals surface area contributed by atoms with E-state index in [2.05, 4.69) is 10.9 Å². The van der Waals surface area contributed by atoms with Crippen molar-refractivity contribution in [2.24, 2.45) is 0 Å². The van der Waals surface area contributed by atoms with E-state index in [1.165, 1.54) is 18.2 Å². The lowest BCUT2D eigenvalue weighted by atomic mass is 9.92. The summed E-state index contributed by atoms with van der Waals surface area (Å²) in [5, 5.41) is 11.2. The number of pyridine rings is 1. The van der Waals surface area contributed by atoms with Gasteiger partial charge in [0.15, 0.2) is 29.0 Å². The van der Waals surface area contributed by atoms with Crippen LogP contribution < -0.4 is 0 Å². The zero-order chi connectivity index (χ0) is 35.4. The topological polar surface area (TPSA) is 66.8 Å². The van der Waals surface area contributed by atoms with Gasteiger partial charge in [0.1, 0.15) is 0 Å². The van der Waals surface area contributed by atoms with Gasteiger partial charge >= 0.3 is 0 Å². The van der Waals surface area contributed by atoms with E-state index in [0.717, 1.165) is 0 Å². The molecule has 5 nitrogen and oxygen atoms in total. The molecule has 0 aliphatic heterocycles. The van der Waals surface area contributed by atoms with Gasteiger partial charge in [-0.2, -0.15) is 5.26 Å². The molecule has 51 heavy (non-hydrogen) atoms. The third-order valence-electron chi connectivity index (χ3n) is 8.72. The number of nitrogens with zero attached hydrogens (tertiary/aromatic N) is 5. The molecule has 8 aromatic rings. The maximum Gasteiger partial charge on any atom is 0.200 e. The quantitative estimate of drug-likeness (QED) is 0.0612. The van der Waals surface area contributed by atoms with Crippen LogP contribution in [0.25, 0.3) is 82.5 Å². The van der Waals surface area contributed by atoms with Crippen LogP contribution in [0.15, 0.2) is 109 Å². The average molecular weight is 676 g/mol. The Morgan fingerprint density at radius 1 is 0.529 bits per heavy atom. The van der Waals surface area contributed by atoms with Gasteiger partial charge in [0, 0.05) is 27.3 Å². The summed E-state index contributed by atoms with van der Waals surface area (Å²) in [7, 11) is 0. The van der Waals surface area contributed by atoms with Crippen LogP contribution in [0.3, 0.4) is 0 Å². The summed E-state index contributed by atoms with van der Waals surface area (Å²) in [6.45, 7) is 7.35. The van der Waals surface area contributed by atoms with Gasteiger partial charge in [-0.25, -0.2) is 41.7 Å². The fourth-order valence-electron chi connectivity index (χ4n) is 6.31. The standard InChI is InChI=1S/C41H18F5N5/c1-48-24-16-14-23(15-17-24)38-39(22-12-10-21(20-47)11-13-22)51-41-30(50-38)19-18-28-31(41)27-8-4-5-9-29(27)49-40(28)26-7-3-2-6-25(26)32-33(42)35(44)37(46)36(45)34(32)43/h2-19H. The van der Waals surface area contributed by atoms with Crippen molar-refractivity contribution in [2.45, 2.75) is 0 Å². The Morgan fingerprint density at radius 3 is 1.76 bits per heavy atom. The van der Waals surface area contributed by atoms with Gasteiger partial charge in [-0.1, -0.05) is 78.9 Å². The molecule has 0 amide bonds. The van der Waals surface area contributed by atoms with Crippen molar-refractivity contribution in [3.8, 4) is 51.0 Å². The molecule has 2 aromatic heterocycles. The van der Waals surface area contributed by atoms with Crippen LogP contribution >= 0.6 is 0 Å². The molecule has 0 N–H and O–H groups in total. The van der Waals surface area contributed by atoms with Gasteiger partial charge in [0.25, 0.3) is 0 Å². The first-order valence-corrected chi connectivity index (χ1v) is 15.4. The Labute approximate surface area is 286 Å². The predicted molar refractivity (Wildman–Crippen MR) is 185 cm³/mol. The number of aromatic nitrogens is 3. The highest BCUT2D eigenvalue weighted by Gasteiger charge is 2.29. The molecule has 0 radical (unpaired) electrons. The predicted octanol–water partition coefficient (Wildman–Crippen LogP) is 11.1. The molecular formula is C41H18F5N5. The Balaban J connectivity index is 1.47. The fraction of sp³-hybridized carbons (Fsp3) is 0. The van der Waals surface area contributed by atoms with Gasteiger partial charge in [-0.05, 0) is 41.5 Å². The van der Waals surface area contributed by atoms with Crippen molar-refractivity contribution in [1.29, 1.82) is 5.26 Å². The van der Waals surface area contributed by atoms with E-state index in [1.54, 1.807) is 78.9 Å². The highest BCUT2D eigenvalue weighted by Crippen LogP contribution is 2.43. The Kier molecular flexibility index (Phi) is 7.43. The molecule has 0 unspecified atom stereocenters. The molecule has 0 aliphatic carbocycles. The third-order valence-corrected chi connectivity index (χ3v) is 8.72. The summed E-state index contributed by atoms with van der Waals surface area (Å²) in [6.07, 6.45) is 0. The molecule has 0 aliphatic rings. The number of nitriles is 1. The second-order valence-corrected chi connectivity index (χ2v) is 11.6. The highest BCUT2D eigenvalue weighted by atomic mass is 19.2. The second-order valence-electron chi connectivity index (χ2n) is 11.6. The van der Waals surface area contributed by atoms with Crippen molar-refractivity contribution >= 4 is 38.4 Å². The summed E-state index contributed by atoms with van der Waals surface area (Å²) in [4.78, 5) is 18.6. The first-order valence-electron chi connectivity index (χ1n) is 15.4. The van der Waals surface area contributed by atoms with E-state index in [0.29, 0.717) is 66.5 Å². The smallest absolute Gasteiger partial charge is 0.200 e. The number of halogens is 5. The van der Waals surface area contributed by atoms with Crippen LogP contribution in [0.5, 0.6) is 0 Å². The van der Waals surface area contributed by atoms with Gasteiger partial charge in [0.05, 0.1) is 57.4 Å². The van der Waals surface area contributed by atoms with E-state index in [1.807, 2.05) is 12.1 Å². The molecule has 0 saturated heterocycles. The molecule has 6 aromatic carbocycles. The minimum absolute atomic E-state index is 0.132. The molecule has 0 spiro atoms. The number of benzene rings is 6. The van der Waals surface area contributed by atoms with Crippen LogP contribution in [0.4, 0.5) is 27.6 Å². The summed E-state index contributed by atoms with van der Waals surface area (Å²) in [6, 6.07) is 32.4. The van der Waals surface area contributed by atoms with Crippen LogP contribution in [0.2, 0.25) is 0 Å². The lowest BCUT2D eigenvalue weighted by Crippen LogP contribution is -2.05. The van der Waals surface area contributed by atoms with Crippen molar-refractivity contribution in [2.75, 3.05) is 0 Å². The first-order chi connectivity index (χ1) is 24.8. The first kappa shape index (κ1) is 31.2. The minimum atomic E-state index is -2.25. The van der Waals surface area contributed by atoms with Gasteiger partial charge in [-0.3, -0.25) is 0 Å². The van der Waals surface area contributed by atoms with E-state index >= 15 is 8.78 Å². The van der Waals surface area contributed by atoms with Crippen molar-refractivity contribution in [1.82, 2.24) is 15.0 Å². The van der Waals surface area contributed by atoms with E-state index in [-0.39, 0.29) is 16.8 Å². The lowest BCUT2D eigenvalue weighted by molar-refractivity contribution is 0.381. The lowest BCUT2D eigenvalue weighted by Gasteiger charge is -2.17. The van der Waals surface area contributed by atoms with E-state index in [9.17, 15) is 18.4 Å². The maximum absolute atomic E-state index is 15.2. The van der Waals surface area contributed by atoms with Crippen molar-refractivity contribution < 1.29 is 22.0 Å². The number of rotatable bonds is 4. The molecular weight excluding hydrogens is 657 g/mol. The Hall–Kier alpha value is -7.04. The Bertz CT molecular complexity index is 2790. The molecule has 242 valence electrons. The zero-order valence-electron chi connectivity index (χ0n) is 26.0. The molecule has 8 rings (SSSR count). The van der Waals surface area contributed by atoms with Crippen LogP contribution in [0, 0.1) is 47.0 Å². The molecule has 0 atom stereocenters. The number of hydrogen-bond acceptors (Lipinski definition) is 4. The van der Waals surface area contributed by atoms with Gasteiger partial charge < -0.3 is 0 Å². The van der Waals surface area contributed by atoms with Gasteiger partial charge in [0.2, 0.25) is 5.82 Å². The molecule has 2 heterocycles. The van der Waals surface area contributed by atoms with E-state index < -0.39 is 34.6 Å². The maximum atomic E-state index is 15.2. The largest absolute Gasteiger partial charge is 0.247 e. The van der Waals surface area contributed by atoms with Gasteiger partial charge in [-0.15, -0.1) is 0 Å². The number of fused-ring (bicyclic) bond motifs is 5. The summed E-state index contributed by atoms with van der Waals surface area (Å²) in [5.41, 5.74) is 3.79. The fourth-order valence-corrected chi connectivity index (χ4v) is 6.31. The summed E-state index contributed by atoms with van der Waals surface area (Å²) >= 11 is 0. The molecule has 0 bridgehead atoms. The van der Waals surface area contributed by atoms with Crippen LogP contribution in [-0.2, 0) is 0 Å². The Morgan fingerprint density at radius 2 is 1.10 bits per heavy atom. The van der Waals surface area contributed by atoms with Crippen LogP contribution in [0.1, 0.15) is 5.56 Å². The number of hydrogen-bond donors (Lipinski definition) is 0. The normalized spacial score (nSPS) is 11.2. The summed E-state index contributed by atoms with van der Waals surface area (Å²) in [5.74, 6) is -10.3. The highest BCUT2D eigenvalue weighted by molar-refractivity contribution is 6.21. The SMILES string of the molecule is [C-]#[N+]c1ccc(-c2nc3ccc4c(-c5ccccc5-c5c(F)c(F)c(F)c(F)c5F)nc5ccccc5c4c3nc2-c2ccc(C#N)cc2)cc1. The second kappa shape index (κ2) is 12.1. The summed E-state index contributed by atoms with van der Waals surface area (Å²) < 4.78 is 73.4. The minimum Gasteiger partial charge on any atom is -0.247 e. The molecule has 0 saturated carbocycles.